The van der Waals surface area contributed by atoms with Crippen molar-refractivity contribution in [2.45, 2.75) is 6.04 Å². The lowest BCUT2D eigenvalue weighted by Gasteiger charge is -2.26. The van der Waals surface area contributed by atoms with Crippen LogP contribution in [0.15, 0.2) is 66.2 Å². The summed E-state index contributed by atoms with van der Waals surface area (Å²) in [4.78, 5) is 26.7. The van der Waals surface area contributed by atoms with Gasteiger partial charge in [0.1, 0.15) is 23.1 Å². The third kappa shape index (κ3) is 3.70. The molecule has 5 nitrogen and oxygen atoms in total. The van der Waals surface area contributed by atoms with Crippen LogP contribution in [0.3, 0.4) is 0 Å². The Bertz CT molecular complexity index is 1310. The van der Waals surface area contributed by atoms with Crippen LogP contribution in [0.2, 0.25) is 10.0 Å². The predicted molar refractivity (Wildman–Crippen MR) is 116 cm³/mol. The van der Waals surface area contributed by atoms with Crippen molar-refractivity contribution < 1.29 is 28.6 Å². The van der Waals surface area contributed by atoms with Gasteiger partial charge in [0.15, 0.2) is 0 Å². The van der Waals surface area contributed by atoms with Gasteiger partial charge in [0, 0.05) is 11.6 Å². The quantitative estimate of drug-likeness (QED) is 0.293. The molecule has 1 unspecified atom stereocenters. The van der Waals surface area contributed by atoms with Crippen LogP contribution in [0, 0.1) is 11.6 Å². The topological polar surface area (TPSA) is 77.8 Å². The van der Waals surface area contributed by atoms with Gasteiger partial charge in [0.2, 0.25) is 0 Å². The lowest BCUT2D eigenvalue weighted by molar-refractivity contribution is -0.132. The number of anilines is 1. The highest BCUT2D eigenvalue weighted by molar-refractivity contribution is 6.51. The number of aliphatic hydroxyl groups excluding tert-OH is 1. The van der Waals surface area contributed by atoms with E-state index in [0.717, 1.165) is 17.0 Å². The monoisotopic (exact) mass is 475 g/mol. The highest BCUT2D eigenvalue weighted by atomic mass is 35.5. The minimum absolute atomic E-state index is 0.0992. The molecule has 9 heteroatoms. The summed E-state index contributed by atoms with van der Waals surface area (Å²) in [5, 5.41) is 21.2. The van der Waals surface area contributed by atoms with Crippen molar-refractivity contribution in [1.29, 1.82) is 0 Å². The molecule has 162 valence electrons. The van der Waals surface area contributed by atoms with Crippen molar-refractivity contribution in [2.24, 2.45) is 0 Å². The van der Waals surface area contributed by atoms with Crippen molar-refractivity contribution >= 4 is 46.3 Å². The first kappa shape index (κ1) is 21.8. The van der Waals surface area contributed by atoms with Crippen LogP contribution >= 0.6 is 23.2 Å². The fourth-order valence-electron chi connectivity index (χ4n) is 3.57. The molecular formula is C23H13Cl2F2NO4. The Morgan fingerprint density at radius 2 is 1.69 bits per heavy atom. The van der Waals surface area contributed by atoms with E-state index in [4.69, 9.17) is 23.2 Å². The molecule has 1 atom stereocenters. The first-order valence-corrected chi connectivity index (χ1v) is 9.95. The molecule has 1 fully saturated rings. The Morgan fingerprint density at radius 1 is 0.938 bits per heavy atom. The molecule has 0 radical (unpaired) electrons. The van der Waals surface area contributed by atoms with Gasteiger partial charge in [0.25, 0.3) is 11.7 Å². The summed E-state index contributed by atoms with van der Waals surface area (Å²) in [6.07, 6.45) is 0. The van der Waals surface area contributed by atoms with Gasteiger partial charge in [-0.2, -0.15) is 0 Å². The van der Waals surface area contributed by atoms with E-state index in [-0.39, 0.29) is 38.2 Å². The molecule has 1 amide bonds. The number of hydrogen-bond donors (Lipinski definition) is 2. The summed E-state index contributed by atoms with van der Waals surface area (Å²) in [5.41, 5.74) is -0.408. The molecule has 32 heavy (non-hydrogen) atoms. The fourth-order valence-corrected chi connectivity index (χ4v) is 3.86. The molecule has 0 bridgehead atoms. The van der Waals surface area contributed by atoms with E-state index in [0.29, 0.717) is 6.07 Å². The zero-order valence-corrected chi connectivity index (χ0v) is 17.5. The number of rotatable bonds is 3. The lowest BCUT2D eigenvalue weighted by atomic mass is 9.95. The second kappa shape index (κ2) is 8.26. The van der Waals surface area contributed by atoms with Gasteiger partial charge < -0.3 is 10.2 Å². The van der Waals surface area contributed by atoms with E-state index >= 15 is 0 Å². The number of Topliss-reactive ketones (excluding diaryl/α,β-unsaturated/α-hetero) is 1. The molecule has 1 heterocycles. The molecule has 0 saturated carbocycles. The number of carbonyl (C=O) groups excluding carboxylic acids is 2. The molecule has 1 aliphatic rings. The third-order valence-electron chi connectivity index (χ3n) is 4.99. The number of phenolic OH excluding ortho intramolecular Hbond substituents is 1. The van der Waals surface area contributed by atoms with E-state index in [1.165, 1.54) is 42.5 Å². The summed E-state index contributed by atoms with van der Waals surface area (Å²) in [7, 11) is 0. The Kier molecular flexibility index (Phi) is 5.62. The summed E-state index contributed by atoms with van der Waals surface area (Å²) in [5.74, 6) is -4.92. The maximum atomic E-state index is 14.6. The molecule has 0 aromatic heterocycles. The van der Waals surface area contributed by atoms with Crippen molar-refractivity contribution in [1.82, 2.24) is 0 Å². The number of amides is 1. The number of ketones is 1. The molecule has 1 aliphatic heterocycles. The largest absolute Gasteiger partial charge is 0.508 e. The van der Waals surface area contributed by atoms with Gasteiger partial charge in [-0.1, -0.05) is 35.3 Å². The van der Waals surface area contributed by atoms with Crippen LogP contribution in [-0.2, 0) is 9.59 Å². The van der Waals surface area contributed by atoms with Crippen molar-refractivity contribution in [3.8, 4) is 5.75 Å². The van der Waals surface area contributed by atoms with E-state index in [2.05, 4.69) is 0 Å². The standard InChI is InChI=1S/C23H13Cl2F2NO4/c24-15-6-4-12(9-16(15)25)21(30)19-20(11-2-1-3-14(29)8-11)28(23(32)22(19)31)18-7-5-13(26)10-17(18)27/h1-10,20,29-30H/b21-19+. The average molecular weight is 476 g/mol. The molecule has 3 aromatic rings. The van der Waals surface area contributed by atoms with Crippen molar-refractivity contribution in [2.75, 3.05) is 4.90 Å². The van der Waals surface area contributed by atoms with Crippen LogP contribution < -0.4 is 4.90 Å². The van der Waals surface area contributed by atoms with Gasteiger partial charge in [0.05, 0.1) is 27.3 Å². The number of carbonyl (C=O) groups is 2. The van der Waals surface area contributed by atoms with Crippen LogP contribution in [0.4, 0.5) is 14.5 Å². The summed E-state index contributed by atoms with van der Waals surface area (Å²) < 4.78 is 28.1. The number of aromatic hydroxyl groups is 1. The highest BCUT2D eigenvalue weighted by Crippen LogP contribution is 2.43. The minimum Gasteiger partial charge on any atom is -0.508 e. The Labute approximate surface area is 190 Å². The number of nitrogens with zero attached hydrogens (tertiary/aromatic N) is 1. The van der Waals surface area contributed by atoms with Crippen LogP contribution in [0.5, 0.6) is 5.75 Å². The third-order valence-corrected chi connectivity index (χ3v) is 5.73. The van der Waals surface area contributed by atoms with E-state index < -0.39 is 35.1 Å². The van der Waals surface area contributed by atoms with Gasteiger partial charge in [-0.05, 0) is 48.0 Å². The number of aliphatic hydroxyl groups is 1. The molecule has 2 N–H and O–H groups in total. The molecular weight excluding hydrogens is 463 g/mol. The van der Waals surface area contributed by atoms with Gasteiger partial charge in [-0.25, -0.2) is 8.78 Å². The summed E-state index contributed by atoms with van der Waals surface area (Å²) in [6.45, 7) is 0. The van der Waals surface area contributed by atoms with Gasteiger partial charge >= 0.3 is 0 Å². The normalized spacial score (nSPS) is 17.8. The first-order valence-electron chi connectivity index (χ1n) is 9.19. The SMILES string of the molecule is O=C1C(=O)N(c2ccc(F)cc2F)C(c2cccc(O)c2)/C1=C(\O)c1ccc(Cl)c(Cl)c1. The van der Waals surface area contributed by atoms with E-state index in [1.54, 1.807) is 0 Å². The zero-order valence-electron chi connectivity index (χ0n) is 16.0. The van der Waals surface area contributed by atoms with Gasteiger partial charge in [-0.15, -0.1) is 0 Å². The zero-order chi connectivity index (χ0) is 23.2. The molecule has 1 saturated heterocycles. The Hall–Kier alpha value is -3.42. The van der Waals surface area contributed by atoms with E-state index in [9.17, 15) is 28.6 Å². The smallest absolute Gasteiger partial charge is 0.300 e. The Balaban J connectivity index is 1.99. The maximum absolute atomic E-state index is 14.6. The first-order chi connectivity index (χ1) is 15.2. The molecule has 3 aromatic carbocycles. The second-order valence-electron chi connectivity index (χ2n) is 6.99. The number of halogens is 4. The molecule has 0 aliphatic carbocycles. The van der Waals surface area contributed by atoms with Crippen LogP contribution in [0.25, 0.3) is 5.76 Å². The lowest BCUT2D eigenvalue weighted by Crippen LogP contribution is -2.30. The molecule has 0 spiro atoms. The second-order valence-corrected chi connectivity index (χ2v) is 7.80. The van der Waals surface area contributed by atoms with Crippen molar-refractivity contribution in [3.63, 3.8) is 0 Å². The fraction of sp³-hybridized carbons (Fsp3) is 0.0435. The van der Waals surface area contributed by atoms with Gasteiger partial charge in [-0.3, -0.25) is 14.5 Å². The predicted octanol–water partition coefficient (Wildman–Crippen LogP) is 5.60. The number of phenols is 1. The number of hydrogen-bond acceptors (Lipinski definition) is 4. The maximum Gasteiger partial charge on any atom is 0.300 e. The molecule has 4 rings (SSSR count). The van der Waals surface area contributed by atoms with E-state index in [1.807, 2.05) is 0 Å². The average Bonchev–Trinajstić information content (AvgIpc) is 3.00. The highest BCUT2D eigenvalue weighted by Gasteiger charge is 2.47. The summed E-state index contributed by atoms with van der Waals surface area (Å²) >= 11 is 11.9. The van der Waals surface area contributed by atoms with Crippen LogP contribution in [-0.4, -0.2) is 21.9 Å². The van der Waals surface area contributed by atoms with Crippen LogP contribution in [0.1, 0.15) is 17.2 Å². The van der Waals surface area contributed by atoms with Crippen molar-refractivity contribution in [3.05, 3.63) is 99.0 Å². The number of benzene rings is 3. The Morgan fingerprint density at radius 3 is 2.34 bits per heavy atom. The summed E-state index contributed by atoms with van der Waals surface area (Å²) in [6, 6.07) is 10.9. The minimum atomic E-state index is -1.31.